The zero-order valence-corrected chi connectivity index (χ0v) is 38.0. The van der Waals surface area contributed by atoms with E-state index in [0.29, 0.717) is 0 Å². The van der Waals surface area contributed by atoms with Gasteiger partial charge in [-0.3, -0.25) is 0 Å². The summed E-state index contributed by atoms with van der Waals surface area (Å²) in [7, 11) is 0. The van der Waals surface area contributed by atoms with Crippen LogP contribution in [0.15, 0.2) is 261 Å². The van der Waals surface area contributed by atoms with Gasteiger partial charge < -0.3 is 4.90 Å². The lowest BCUT2D eigenvalue weighted by atomic mass is 9.84. The second-order valence-corrected chi connectivity index (χ2v) is 18.7. The second-order valence-electron chi connectivity index (χ2n) is 17.6. The van der Waals surface area contributed by atoms with E-state index in [9.17, 15) is 0 Å². The van der Waals surface area contributed by atoms with Crippen LogP contribution in [0.25, 0.3) is 108 Å². The van der Waals surface area contributed by atoms with E-state index in [1.54, 1.807) is 0 Å². The molecule has 1 heterocycles. The molecule has 12 aromatic carbocycles. The monoisotopic (exact) mass is 881 g/mol. The summed E-state index contributed by atoms with van der Waals surface area (Å²) in [5.41, 5.74) is 15.5. The highest BCUT2D eigenvalue weighted by atomic mass is 32.1. The number of anilines is 3. The molecule has 0 radical (unpaired) electrons. The predicted molar refractivity (Wildman–Crippen MR) is 294 cm³/mol. The minimum absolute atomic E-state index is 1.10. The Hall–Kier alpha value is -8.56. The molecule has 68 heavy (non-hydrogen) atoms. The van der Waals surface area contributed by atoms with Crippen molar-refractivity contribution >= 4 is 80.9 Å². The van der Waals surface area contributed by atoms with Crippen LogP contribution in [0, 0.1) is 0 Å². The molecule has 2 heteroatoms. The van der Waals surface area contributed by atoms with E-state index in [2.05, 4.69) is 266 Å². The topological polar surface area (TPSA) is 3.24 Å². The van der Waals surface area contributed by atoms with Crippen molar-refractivity contribution in [3.05, 3.63) is 261 Å². The lowest BCUT2D eigenvalue weighted by Gasteiger charge is -2.27. The number of nitrogens with zero attached hydrogens (tertiary/aromatic N) is 1. The number of rotatable bonds is 8. The molecule has 0 unspecified atom stereocenters. The molecule has 0 aliphatic carbocycles. The van der Waals surface area contributed by atoms with Crippen molar-refractivity contribution in [2.24, 2.45) is 0 Å². The smallest absolute Gasteiger partial charge is 0.0554 e. The van der Waals surface area contributed by atoms with Crippen LogP contribution in [0.1, 0.15) is 0 Å². The number of benzene rings is 12. The van der Waals surface area contributed by atoms with Crippen LogP contribution >= 0.6 is 11.3 Å². The SMILES string of the molecule is c1ccc(-c2c(-c3ccccc3)c3cc(-c4ccc(N(c5ccc(-c6ccc(-c7ccc8ccccc8c7)cc6)cc5)c5cccc6sc7ccccc7c56)cc4)ccc3c3ccccc23)cc1. The van der Waals surface area contributed by atoms with E-state index in [1.807, 2.05) is 11.3 Å². The molecule has 1 nitrogen and oxygen atoms in total. The molecule has 0 bridgehead atoms. The van der Waals surface area contributed by atoms with E-state index in [4.69, 9.17) is 0 Å². The van der Waals surface area contributed by atoms with Crippen molar-refractivity contribution in [1.29, 1.82) is 0 Å². The molecule has 0 N–H and O–H groups in total. The summed E-state index contributed by atoms with van der Waals surface area (Å²) in [5.74, 6) is 0. The van der Waals surface area contributed by atoms with Crippen molar-refractivity contribution in [3.8, 4) is 55.6 Å². The summed E-state index contributed by atoms with van der Waals surface area (Å²) in [6.45, 7) is 0. The number of hydrogen-bond donors (Lipinski definition) is 0. The van der Waals surface area contributed by atoms with Crippen molar-refractivity contribution in [1.82, 2.24) is 0 Å². The second kappa shape index (κ2) is 16.7. The first kappa shape index (κ1) is 39.8. The van der Waals surface area contributed by atoms with Gasteiger partial charge in [0.1, 0.15) is 0 Å². The van der Waals surface area contributed by atoms with Crippen LogP contribution in [0.4, 0.5) is 17.1 Å². The van der Waals surface area contributed by atoms with Gasteiger partial charge in [0, 0.05) is 31.5 Å². The van der Waals surface area contributed by atoms with Gasteiger partial charge in [0.2, 0.25) is 0 Å². The standard InChI is InChI=1S/C66H43NS/c1-3-15-49(16-4-1)64-58-21-10-9-20-56(58)57-41-36-53(43-60(57)65(64)50-17-5-2-6-18-50)48-34-39-55(40-35-48)67(61-23-13-25-63-66(61)59-22-11-12-24-62(59)68-63)54-37-32-46(33-38-54)45-26-28-47(29-27-45)52-31-30-44-14-7-8-19-51(44)42-52/h1-43H. The Morgan fingerprint density at radius 3 is 1.37 bits per heavy atom. The maximum atomic E-state index is 2.43. The number of thiophene rings is 1. The molecule has 0 atom stereocenters. The average Bonchev–Trinajstić information content (AvgIpc) is 3.81. The van der Waals surface area contributed by atoms with E-state index in [1.165, 1.54) is 114 Å². The maximum Gasteiger partial charge on any atom is 0.0554 e. The average molecular weight is 882 g/mol. The predicted octanol–water partition coefficient (Wildman–Crippen LogP) is 19.3. The minimum atomic E-state index is 1.10. The summed E-state index contributed by atoms with van der Waals surface area (Å²) in [5, 5.41) is 10.1. The first-order valence-electron chi connectivity index (χ1n) is 23.3. The third-order valence-corrected chi connectivity index (χ3v) is 14.8. The van der Waals surface area contributed by atoms with Crippen molar-refractivity contribution in [2.75, 3.05) is 4.90 Å². The highest BCUT2D eigenvalue weighted by Gasteiger charge is 2.21. The third-order valence-electron chi connectivity index (χ3n) is 13.7. The van der Waals surface area contributed by atoms with Crippen LogP contribution in [-0.4, -0.2) is 0 Å². The molecular formula is C66H43NS. The van der Waals surface area contributed by atoms with Crippen LogP contribution in [0.2, 0.25) is 0 Å². The van der Waals surface area contributed by atoms with Crippen molar-refractivity contribution in [2.45, 2.75) is 0 Å². The Morgan fingerprint density at radius 1 is 0.250 bits per heavy atom. The molecule has 0 aliphatic heterocycles. The molecule has 0 saturated carbocycles. The Bertz CT molecular complexity index is 3980. The van der Waals surface area contributed by atoms with Gasteiger partial charge in [-0.05, 0) is 143 Å². The molecule has 0 amide bonds. The van der Waals surface area contributed by atoms with E-state index in [-0.39, 0.29) is 0 Å². The zero-order valence-electron chi connectivity index (χ0n) is 37.2. The van der Waals surface area contributed by atoms with Gasteiger partial charge in [-0.15, -0.1) is 11.3 Å². The van der Waals surface area contributed by atoms with Crippen molar-refractivity contribution < 1.29 is 0 Å². The number of fused-ring (bicyclic) bond motifs is 7. The summed E-state index contributed by atoms with van der Waals surface area (Å²) in [6, 6.07) is 95.7. The first-order valence-corrected chi connectivity index (χ1v) is 24.1. The fourth-order valence-electron chi connectivity index (χ4n) is 10.4. The normalized spacial score (nSPS) is 11.5. The van der Waals surface area contributed by atoms with Crippen molar-refractivity contribution in [3.63, 3.8) is 0 Å². The molecule has 0 saturated heterocycles. The van der Waals surface area contributed by atoms with E-state index < -0.39 is 0 Å². The van der Waals surface area contributed by atoms with Gasteiger partial charge in [-0.25, -0.2) is 0 Å². The lowest BCUT2D eigenvalue weighted by Crippen LogP contribution is -2.10. The molecule has 318 valence electrons. The Kier molecular flexibility index (Phi) is 9.77. The third kappa shape index (κ3) is 6.93. The quantitative estimate of drug-likeness (QED) is 0.137. The molecular weight excluding hydrogens is 839 g/mol. The summed E-state index contributed by atoms with van der Waals surface area (Å²) in [4.78, 5) is 2.43. The van der Waals surface area contributed by atoms with Crippen LogP contribution in [-0.2, 0) is 0 Å². The summed E-state index contributed by atoms with van der Waals surface area (Å²) >= 11 is 1.86. The van der Waals surface area contributed by atoms with Gasteiger partial charge in [0.15, 0.2) is 0 Å². The number of hydrogen-bond acceptors (Lipinski definition) is 2. The first-order chi connectivity index (χ1) is 33.7. The zero-order chi connectivity index (χ0) is 45.0. The van der Waals surface area contributed by atoms with Crippen LogP contribution < -0.4 is 4.90 Å². The summed E-state index contributed by atoms with van der Waals surface area (Å²) in [6.07, 6.45) is 0. The maximum absolute atomic E-state index is 2.43. The van der Waals surface area contributed by atoms with E-state index in [0.717, 1.165) is 11.4 Å². The highest BCUT2D eigenvalue weighted by Crippen LogP contribution is 2.48. The molecule has 0 aliphatic rings. The van der Waals surface area contributed by atoms with Gasteiger partial charge in [-0.1, -0.05) is 206 Å². The Morgan fingerprint density at radius 2 is 0.706 bits per heavy atom. The minimum Gasteiger partial charge on any atom is -0.310 e. The molecule has 1 aromatic heterocycles. The Balaban J connectivity index is 0.913. The molecule has 13 rings (SSSR count). The summed E-state index contributed by atoms with van der Waals surface area (Å²) < 4.78 is 2.57. The van der Waals surface area contributed by atoms with Gasteiger partial charge >= 0.3 is 0 Å². The Labute approximate surface area is 400 Å². The van der Waals surface area contributed by atoms with Crippen LogP contribution in [0.3, 0.4) is 0 Å². The largest absolute Gasteiger partial charge is 0.310 e. The van der Waals surface area contributed by atoms with Gasteiger partial charge in [-0.2, -0.15) is 0 Å². The van der Waals surface area contributed by atoms with E-state index >= 15 is 0 Å². The fourth-order valence-corrected chi connectivity index (χ4v) is 11.5. The fraction of sp³-hybridized carbons (Fsp3) is 0. The van der Waals surface area contributed by atoms with Gasteiger partial charge in [0.05, 0.1) is 5.69 Å². The lowest BCUT2D eigenvalue weighted by molar-refractivity contribution is 1.30. The van der Waals surface area contributed by atoms with Gasteiger partial charge in [0.25, 0.3) is 0 Å². The molecule has 0 spiro atoms. The molecule has 0 fully saturated rings. The molecule has 13 aromatic rings. The highest BCUT2D eigenvalue weighted by molar-refractivity contribution is 7.26. The van der Waals surface area contributed by atoms with Crippen LogP contribution in [0.5, 0.6) is 0 Å².